The first-order chi connectivity index (χ1) is 8.42. The summed E-state index contributed by atoms with van der Waals surface area (Å²) >= 11 is 0. The van der Waals surface area contributed by atoms with Gasteiger partial charge in [-0.3, -0.25) is 0 Å². The van der Waals surface area contributed by atoms with E-state index in [1.54, 1.807) is 6.20 Å². The summed E-state index contributed by atoms with van der Waals surface area (Å²) in [4.78, 5) is 8.53. The first-order valence-corrected chi connectivity index (χ1v) is 5.88. The van der Waals surface area contributed by atoms with Crippen LogP contribution in [0.25, 0.3) is 10.9 Å². The highest BCUT2D eigenvalue weighted by Crippen LogP contribution is 2.15. The van der Waals surface area contributed by atoms with Crippen molar-refractivity contribution in [1.29, 1.82) is 0 Å². The molecule has 2 aromatic rings. The predicted octanol–water partition coefficient (Wildman–Crippen LogP) is 2.19. The SMILES string of the molecule is c1ccc2nc(OC[C@@H]3CCCO3)ncc2c1. The van der Waals surface area contributed by atoms with E-state index in [9.17, 15) is 0 Å². The minimum Gasteiger partial charge on any atom is -0.461 e. The maximum Gasteiger partial charge on any atom is 0.317 e. The summed E-state index contributed by atoms with van der Waals surface area (Å²) in [7, 11) is 0. The molecule has 17 heavy (non-hydrogen) atoms. The third-order valence-electron chi connectivity index (χ3n) is 2.89. The second kappa shape index (κ2) is 4.67. The zero-order chi connectivity index (χ0) is 11.5. The molecule has 1 fully saturated rings. The second-order valence-corrected chi connectivity index (χ2v) is 4.16. The summed E-state index contributed by atoms with van der Waals surface area (Å²) in [6, 6.07) is 8.30. The maximum atomic E-state index is 5.55. The standard InChI is InChI=1S/C13H14N2O2/c1-2-6-12-10(4-1)8-14-13(15-12)17-9-11-5-3-7-16-11/h1-2,4,6,8,11H,3,5,7,9H2/t11-/m0/s1. The van der Waals surface area contributed by atoms with Crippen molar-refractivity contribution in [1.82, 2.24) is 9.97 Å². The topological polar surface area (TPSA) is 44.2 Å². The molecular formula is C13H14N2O2. The molecule has 0 aliphatic carbocycles. The van der Waals surface area contributed by atoms with Crippen molar-refractivity contribution >= 4 is 10.9 Å². The van der Waals surface area contributed by atoms with E-state index in [1.165, 1.54) is 0 Å². The van der Waals surface area contributed by atoms with E-state index in [0.717, 1.165) is 30.4 Å². The van der Waals surface area contributed by atoms with E-state index in [2.05, 4.69) is 9.97 Å². The van der Waals surface area contributed by atoms with Gasteiger partial charge in [0.2, 0.25) is 0 Å². The van der Waals surface area contributed by atoms with E-state index in [0.29, 0.717) is 12.6 Å². The highest BCUT2D eigenvalue weighted by molar-refractivity contribution is 5.77. The van der Waals surface area contributed by atoms with Crippen LogP contribution in [0.5, 0.6) is 6.01 Å². The van der Waals surface area contributed by atoms with Crippen molar-refractivity contribution in [2.75, 3.05) is 13.2 Å². The molecule has 4 nitrogen and oxygen atoms in total. The van der Waals surface area contributed by atoms with Gasteiger partial charge in [-0.2, -0.15) is 4.98 Å². The van der Waals surface area contributed by atoms with Crippen LogP contribution in [-0.2, 0) is 4.74 Å². The van der Waals surface area contributed by atoms with E-state index < -0.39 is 0 Å². The van der Waals surface area contributed by atoms with Gasteiger partial charge in [-0.25, -0.2) is 4.98 Å². The van der Waals surface area contributed by atoms with Crippen LogP contribution in [0.3, 0.4) is 0 Å². The Morgan fingerprint density at radius 3 is 3.18 bits per heavy atom. The zero-order valence-electron chi connectivity index (χ0n) is 9.50. The minimum absolute atomic E-state index is 0.199. The quantitative estimate of drug-likeness (QED) is 0.810. The Kier molecular flexibility index (Phi) is 2.88. The van der Waals surface area contributed by atoms with Gasteiger partial charge in [0.1, 0.15) is 6.61 Å². The van der Waals surface area contributed by atoms with Gasteiger partial charge in [0.25, 0.3) is 0 Å². The fourth-order valence-electron chi connectivity index (χ4n) is 1.97. The van der Waals surface area contributed by atoms with Crippen LogP contribution >= 0.6 is 0 Å². The number of rotatable bonds is 3. The number of fused-ring (bicyclic) bond motifs is 1. The van der Waals surface area contributed by atoms with Gasteiger partial charge >= 0.3 is 6.01 Å². The van der Waals surface area contributed by atoms with Crippen molar-refractivity contribution in [3.8, 4) is 6.01 Å². The molecule has 0 radical (unpaired) electrons. The number of nitrogens with zero attached hydrogens (tertiary/aromatic N) is 2. The Bertz CT molecular complexity index is 510. The lowest BCUT2D eigenvalue weighted by Crippen LogP contribution is -2.17. The monoisotopic (exact) mass is 230 g/mol. The molecule has 1 aliphatic heterocycles. The van der Waals surface area contributed by atoms with Gasteiger partial charge in [0.15, 0.2) is 0 Å². The van der Waals surface area contributed by atoms with E-state index in [-0.39, 0.29) is 6.10 Å². The van der Waals surface area contributed by atoms with E-state index in [4.69, 9.17) is 9.47 Å². The van der Waals surface area contributed by atoms with Crippen LogP contribution in [0.4, 0.5) is 0 Å². The summed E-state index contributed by atoms with van der Waals surface area (Å²) in [5, 5.41) is 1.02. The van der Waals surface area contributed by atoms with Crippen LogP contribution < -0.4 is 4.74 Å². The van der Waals surface area contributed by atoms with Gasteiger partial charge in [-0.1, -0.05) is 18.2 Å². The fourth-order valence-corrected chi connectivity index (χ4v) is 1.97. The van der Waals surface area contributed by atoms with Crippen LogP contribution in [-0.4, -0.2) is 29.3 Å². The van der Waals surface area contributed by atoms with Crippen LogP contribution in [0.1, 0.15) is 12.8 Å². The largest absolute Gasteiger partial charge is 0.461 e. The van der Waals surface area contributed by atoms with Crippen molar-refractivity contribution < 1.29 is 9.47 Å². The molecule has 0 saturated carbocycles. The summed E-state index contributed by atoms with van der Waals surface area (Å²) in [5.41, 5.74) is 0.907. The molecule has 0 bridgehead atoms. The van der Waals surface area contributed by atoms with Crippen LogP contribution in [0, 0.1) is 0 Å². The molecule has 0 N–H and O–H groups in total. The lowest BCUT2D eigenvalue weighted by Gasteiger charge is -2.09. The number of aromatic nitrogens is 2. The first kappa shape index (κ1) is 10.5. The molecule has 1 aromatic heterocycles. The molecule has 1 aliphatic rings. The molecule has 0 amide bonds. The number of hydrogen-bond donors (Lipinski definition) is 0. The Labute approximate surface area is 99.6 Å². The third kappa shape index (κ3) is 2.36. The molecule has 0 spiro atoms. The molecule has 88 valence electrons. The fraction of sp³-hybridized carbons (Fsp3) is 0.385. The van der Waals surface area contributed by atoms with Crippen molar-refractivity contribution in [2.24, 2.45) is 0 Å². The molecule has 1 aromatic carbocycles. The van der Waals surface area contributed by atoms with Crippen molar-refractivity contribution in [2.45, 2.75) is 18.9 Å². The highest BCUT2D eigenvalue weighted by atomic mass is 16.5. The predicted molar refractivity (Wildman–Crippen MR) is 64.0 cm³/mol. The summed E-state index contributed by atoms with van der Waals surface area (Å²) < 4.78 is 11.0. The second-order valence-electron chi connectivity index (χ2n) is 4.16. The van der Waals surface area contributed by atoms with Crippen molar-refractivity contribution in [3.05, 3.63) is 30.5 Å². The third-order valence-corrected chi connectivity index (χ3v) is 2.89. The lowest BCUT2D eigenvalue weighted by atomic mass is 10.2. The first-order valence-electron chi connectivity index (χ1n) is 5.88. The van der Waals surface area contributed by atoms with Gasteiger partial charge < -0.3 is 9.47 Å². The lowest BCUT2D eigenvalue weighted by molar-refractivity contribution is 0.0647. The molecule has 0 unspecified atom stereocenters. The Morgan fingerprint density at radius 2 is 2.29 bits per heavy atom. The molecule has 2 heterocycles. The Hall–Kier alpha value is -1.68. The van der Waals surface area contributed by atoms with E-state index >= 15 is 0 Å². The molecule has 1 atom stereocenters. The highest BCUT2D eigenvalue weighted by Gasteiger charge is 2.16. The minimum atomic E-state index is 0.199. The average molecular weight is 230 g/mol. The maximum absolute atomic E-state index is 5.55. The molecule has 4 heteroatoms. The number of benzene rings is 1. The van der Waals surface area contributed by atoms with E-state index in [1.807, 2.05) is 24.3 Å². The zero-order valence-corrected chi connectivity index (χ0v) is 9.50. The van der Waals surface area contributed by atoms with Crippen molar-refractivity contribution in [3.63, 3.8) is 0 Å². The Balaban J connectivity index is 1.72. The van der Waals surface area contributed by atoms with Crippen LogP contribution in [0.2, 0.25) is 0 Å². The smallest absolute Gasteiger partial charge is 0.317 e. The summed E-state index contributed by atoms with van der Waals surface area (Å²) in [6.07, 6.45) is 4.16. The van der Waals surface area contributed by atoms with Gasteiger partial charge in [0, 0.05) is 18.2 Å². The molecule has 3 rings (SSSR count). The average Bonchev–Trinajstić information content (AvgIpc) is 2.89. The number of hydrogen-bond acceptors (Lipinski definition) is 4. The van der Waals surface area contributed by atoms with Gasteiger partial charge in [-0.15, -0.1) is 0 Å². The number of para-hydroxylation sites is 1. The molecule has 1 saturated heterocycles. The normalized spacial score (nSPS) is 19.6. The molecular weight excluding hydrogens is 216 g/mol. The van der Waals surface area contributed by atoms with Gasteiger partial charge in [0.05, 0.1) is 11.6 Å². The number of ether oxygens (including phenoxy) is 2. The summed E-state index contributed by atoms with van der Waals surface area (Å²) in [6.45, 7) is 1.38. The summed E-state index contributed by atoms with van der Waals surface area (Å²) in [5.74, 6) is 0. The van der Waals surface area contributed by atoms with Crippen LogP contribution in [0.15, 0.2) is 30.5 Å². The Morgan fingerprint density at radius 1 is 1.35 bits per heavy atom. The van der Waals surface area contributed by atoms with Gasteiger partial charge in [-0.05, 0) is 18.9 Å².